The minimum atomic E-state index is -6.38. The summed E-state index contributed by atoms with van der Waals surface area (Å²) in [6.07, 6.45) is -20.3. The van der Waals surface area contributed by atoms with Gasteiger partial charge in [0.05, 0.1) is 6.61 Å². The topological polar surface area (TPSA) is 57.5 Å². The summed E-state index contributed by atoms with van der Waals surface area (Å²) in [7, 11) is 0. The van der Waals surface area contributed by atoms with Crippen LogP contribution in [0.1, 0.15) is 0 Å². The van der Waals surface area contributed by atoms with E-state index in [0.717, 1.165) is 0 Å². The van der Waals surface area contributed by atoms with E-state index in [0.29, 0.717) is 0 Å². The summed E-state index contributed by atoms with van der Waals surface area (Å²) >= 11 is 0. The normalized spacial score (nSPS) is 15.4. The van der Waals surface area contributed by atoms with Crippen molar-refractivity contribution in [1.29, 1.82) is 0 Å². The number of aliphatic hydroxyl groups excluding tert-OH is 1. The van der Waals surface area contributed by atoms with Gasteiger partial charge < -0.3 is 10.2 Å². The number of alkyl halides is 9. The summed E-state index contributed by atoms with van der Waals surface area (Å²) in [6.45, 7) is -2.83. The molecule has 0 amide bonds. The quantitative estimate of drug-likeness (QED) is 0.621. The van der Waals surface area contributed by atoms with E-state index in [1.54, 1.807) is 0 Å². The molecule has 0 bridgehead atoms. The Balaban J connectivity index is 6.38. The van der Waals surface area contributed by atoms with Gasteiger partial charge in [0.2, 0.25) is 5.41 Å². The maximum atomic E-state index is 12.4. The Bertz CT molecular complexity index is 387. The summed E-state index contributed by atoms with van der Waals surface area (Å²) in [5.74, 6) is -3.04. The second-order valence-electron chi connectivity index (χ2n) is 3.49. The third-order valence-electron chi connectivity index (χ3n) is 2.19. The third-order valence-corrected chi connectivity index (χ3v) is 2.19. The molecule has 0 spiro atoms. The molecule has 0 aromatic rings. The van der Waals surface area contributed by atoms with Crippen LogP contribution in [0.5, 0.6) is 0 Å². The Morgan fingerprint density at radius 1 is 0.900 bits per heavy atom. The van der Waals surface area contributed by atoms with E-state index in [1.165, 1.54) is 0 Å². The summed E-state index contributed by atoms with van der Waals surface area (Å²) in [5.41, 5.74) is -8.41. The number of hydrogen-bond donors (Lipinski definition) is 2. The number of aliphatic hydroxyl groups is 1. The van der Waals surface area contributed by atoms with Gasteiger partial charge in [-0.2, -0.15) is 39.5 Å². The van der Waals surface area contributed by atoms with Crippen LogP contribution in [-0.4, -0.2) is 41.3 Å². The van der Waals surface area contributed by atoms with Gasteiger partial charge in [-0.3, -0.25) is 0 Å². The molecule has 3 nitrogen and oxygen atoms in total. The van der Waals surface area contributed by atoms with Crippen molar-refractivity contribution in [3.05, 3.63) is 11.6 Å². The highest BCUT2D eigenvalue weighted by molar-refractivity contribution is 5.88. The Morgan fingerprint density at radius 2 is 1.25 bits per heavy atom. The highest BCUT2D eigenvalue weighted by Gasteiger charge is 2.70. The van der Waals surface area contributed by atoms with Crippen molar-refractivity contribution < 1.29 is 54.5 Å². The second-order valence-corrected chi connectivity index (χ2v) is 3.49. The van der Waals surface area contributed by atoms with Crippen LogP contribution in [0.4, 0.5) is 39.5 Å². The largest absolute Gasteiger partial charge is 0.478 e. The van der Waals surface area contributed by atoms with Crippen molar-refractivity contribution in [2.75, 3.05) is 6.61 Å². The lowest BCUT2D eigenvalue weighted by Crippen LogP contribution is -2.52. The van der Waals surface area contributed by atoms with Crippen molar-refractivity contribution >= 4 is 5.97 Å². The number of carboxylic acids is 1. The molecule has 0 atom stereocenters. The lowest BCUT2D eigenvalue weighted by atomic mass is 9.84. The number of halogens is 9. The summed E-state index contributed by atoms with van der Waals surface area (Å²) in [4.78, 5) is 10.2. The van der Waals surface area contributed by atoms with Crippen molar-refractivity contribution in [2.45, 2.75) is 18.5 Å². The van der Waals surface area contributed by atoms with Gasteiger partial charge in [-0.05, 0) is 6.08 Å². The third kappa shape index (κ3) is 3.35. The standard InChI is InChI=1S/C8H5F9O3/c9-6(10,11)3(4(19)20)1-5(2-18,7(12,13)14)8(15,16)17/h1,18H,2H2,(H,19,20). The fourth-order valence-corrected chi connectivity index (χ4v) is 1.06. The minimum Gasteiger partial charge on any atom is -0.478 e. The molecule has 0 radical (unpaired) electrons. The van der Waals surface area contributed by atoms with Crippen LogP contribution < -0.4 is 0 Å². The smallest absolute Gasteiger partial charge is 0.423 e. The molecule has 0 aliphatic heterocycles. The zero-order valence-electron chi connectivity index (χ0n) is 8.99. The van der Waals surface area contributed by atoms with E-state index in [4.69, 9.17) is 10.2 Å². The zero-order chi connectivity index (χ0) is 16.6. The molecule has 0 heterocycles. The van der Waals surface area contributed by atoms with Crippen molar-refractivity contribution in [3.63, 3.8) is 0 Å². The predicted octanol–water partition coefficient (Wildman–Crippen LogP) is 2.66. The first-order valence-electron chi connectivity index (χ1n) is 4.38. The number of rotatable bonds is 3. The van der Waals surface area contributed by atoms with Gasteiger partial charge >= 0.3 is 24.5 Å². The van der Waals surface area contributed by atoms with Gasteiger partial charge in [-0.15, -0.1) is 0 Å². The fraction of sp³-hybridized carbons (Fsp3) is 0.625. The summed E-state index contributed by atoms with van der Waals surface area (Å²) < 4.78 is 111. The SMILES string of the molecule is O=C(O)C(=CC(CO)(C(F)(F)F)C(F)(F)F)C(F)(F)F. The highest BCUT2D eigenvalue weighted by Crippen LogP contribution is 2.52. The zero-order valence-corrected chi connectivity index (χ0v) is 8.99. The predicted molar refractivity (Wildman–Crippen MR) is 43.4 cm³/mol. The van der Waals surface area contributed by atoms with Gasteiger partial charge in [-0.25, -0.2) is 4.79 Å². The van der Waals surface area contributed by atoms with Crippen LogP contribution in [-0.2, 0) is 4.79 Å². The lowest BCUT2D eigenvalue weighted by Gasteiger charge is -2.33. The van der Waals surface area contributed by atoms with Gasteiger partial charge in [0, 0.05) is 0 Å². The minimum absolute atomic E-state index is 1.57. The Hall–Kier alpha value is -1.46. The maximum absolute atomic E-state index is 12.4. The Kier molecular flexibility index (Phi) is 4.77. The lowest BCUT2D eigenvalue weighted by molar-refractivity contribution is -0.330. The highest BCUT2D eigenvalue weighted by atomic mass is 19.4. The molecule has 12 heteroatoms. The molecule has 0 unspecified atom stereocenters. The van der Waals surface area contributed by atoms with E-state index in [-0.39, 0.29) is 0 Å². The number of carboxylic acid groups (broad SMARTS) is 1. The molecule has 0 aliphatic carbocycles. The molecular weight excluding hydrogens is 315 g/mol. The first kappa shape index (κ1) is 18.5. The van der Waals surface area contributed by atoms with E-state index in [1.807, 2.05) is 0 Å². The molecular formula is C8H5F9O3. The van der Waals surface area contributed by atoms with Crippen LogP contribution in [0.2, 0.25) is 0 Å². The van der Waals surface area contributed by atoms with Gasteiger partial charge in [0.15, 0.2) is 0 Å². The van der Waals surface area contributed by atoms with Crippen molar-refractivity contribution in [2.24, 2.45) is 5.41 Å². The molecule has 118 valence electrons. The van der Waals surface area contributed by atoms with Gasteiger partial charge in [-0.1, -0.05) is 0 Å². The molecule has 0 aromatic carbocycles. The Morgan fingerprint density at radius 3 is 1.40 bits per heavy atom. The second kappa shape index (κ2) is 5.14. The number of carbonyl (C=O) groups is 1. The van der Waals surface area contributed by atoms with Crippen molar-refractivity contribution in [1.82, 2.24) is 0 Å². The van der Waals surface area contributed by atoms with E-state index in [9.17, 15) is 44.3 Å². The van der Waals surface area contributed by atoms with Crippen LogP contribution in [0.3, 0.4) is 0 Å². The molecule has 20 heavy (non-hydrogen) atoms. The molecule has 0 rings (SSSR count). The maximum Gasteiger partial charge on any atom is 0.423 e. The van der Waals surface area contributed by atoms with E-state index in [2.05, 4.69) is 0 Å². The van der Waals surface area contributed by atoms with Gasteiger partial charge in [0.25, 0.3) is 0 Å². The molecule has 0 fully saturated rings. The number of hydrogen-bond acceptors (Lipinski definition) is 2. The average Bonchev–Trinajstić information content (AvgIpc) is 2.11. The summed E-state index contributed by atoms with van der Waals surface area (Å²) in [6, 6.07) is 0. The first-order valence-corrected chi connectivity index (χ1v) is 4.38. The molecule has 0 saturated heterocycles. The van der Waals surface area contributed by atoms with Crippen molar-refractivity contribution in [3.8, 4) is 0 Å². The molecule has 0 aliphatic rings. The fourth-order valence-electron chi connectivity index (χ4n) is 1.06. The van der Waals surface area contributed by atoms with Gasteiger partial charge in [0.1, 0.15) is 5.57 Å². The van der Waals surface area contributed by atoms with Crippen LogP contribution >= 0.6 is 0 Å². The Labute approximate surface area is 104 Å². The van der Waals surface area contributed by atoms with E-state index >= 15 is 0 Å². The monoisotopic (exact) mass is 320 g/mol. The first-order chi connectivity index (χ1) is 8.60. The molecule has 0 aromatic heterocycles. The van der Waals surface area contributed by atoms with E-state index < -0.39 is 48.2 Å². The molecule has 0 saturated carbocycles. The van der Waals surface area contributed by atoms with Crippen LogP contribution in [0.25, 0.3) is 0 Å². The summed E-state index contributed by atoms with van der Waals surface area (Å²) in [5, 5.41) is 16.4. The molecule has 2 N–H and O–H groups in total. The number of aliphatic carboxylic acids is 1. The van der Waals surface area contributed by atoms with Crippen LogP contribution in [0.15, 0.2) is 11.6 Å². The van der Waals surface area contributed by atoms with Crippen LogP contribution in [0, 0.1) is 5.41 Å². The average molecular weight is 320 g/mol.